The first kappa shape index (κ1) is 14.9. The zero-order chi connectivity index (χ0) is 14.4. The molecule has 100 valence electrons. The number of hydrogen-bond donors (Lipinski definition) is 0. The van der Waals surface area contributed by atoms with Gasteiger partial charge in [-0.05, 0) is 19.4 Å². The van der Waals surface area contributed by atoms with E-state index < -0.39 is 10.9 Å². The van der Waals surface area contributed by atoms with Gasteiger partial charge < -0.3 is 4.74 Å². The normalized spacial score (nSPS) is 10.9. The first-order valence-electron chi connectivity index (χ1n) is 5.59. The molecule has 0 unspecified atom stereocenters. The molecule has 0 bridgehead atoms. The molecule has 0 N–H and O–H groups in total. The molecule has 0 aliphatic heterocycles. The quantitative estimate of drug-likeness (QED) is 0.272. The van der Waals surface area contributed by atoms with E-state index in [0.29, 0.717) is 16.2 Å². The molecule has 1 aromatic heterocycles. The lowest BCUT2D eigenvalue weighted by Crippen LogP contribution is -2.05. The molecule has 0 atom stereocenters. The molecular weight excluding hydrogens is 268 g/mol. The van der Waals surface area contributed by atoms with E-state index in [9.17, 15) is 14.9 Å². The summed E-state index contributed by atoms with van der Waals surface area (Å²) in [5.74, 6) is -0.723. The van der Waals surface area contributed by atoms with Crippen LogP contribution in [0.1, 0.15) is 23.6 Å². The van der Waals surface area contributed by atoms with E-state index >= 15 is 0 Å². The third-order valence-electron chi connectivity index (χ3n) is 2.23. The molecule has 7 heteroatoms. The molecule has 1 rings (SSSR count). The van der Waals surface area contributed by atoms with E-state index in [1.807, 2.05) is 6.92 Å². The van der Waals surface area contributed by atoms with Crippen molar-refractivity contribution >= 4 is 29.1 Å². The highest BCUT2D eigenvalue weighted by Crippen LogP contribution is 2.31. The molecule has 0 fully saturated rings. The predicted octanol–water partition coefficient (Wildman–Crippen LogP) is 2.69. The van der Waals surface area contributed by atoms with Gasteiger partial charge in [0.25, 0.3) is 5.69 Å². The highest BCUT2D eigenvalue weighted by molar-refractivity contribution is 7.13. The maximum atomic E-state index is 11.4. The smallest absolute Gasteiger partial charge is 0.348 e. The van der Waals surface area contributed by atoms with Crippen LogP contribution in [0.25, 0.3) is 6.08 Å². The molecule has 0 amide bonds. The Balaban J connectivity index is 3.13. The van der Waals surface area contributed by atoms with Crippen molar-refractivity contribution in [2.45, 2.75) is 20.3 Å². The van der Waals surface area contributed by atoms with Crippen LogP contribution in [0.5, 0.6) is 0 Å². The number of nitro groups is 1. The van der Waals surface area contributed by atoms with E-state index in [-0.39, 0.29) is 17.9 Å². The summed E-state index contributed by atoms with van der Waals surface area (Å²) >= 11 is 1.19. The summed E-state index contributed by atoms with van der Waals surface area (Å²) in [6, 6.07) is 3.10. The molecule has 0 saturated heterocycles. The molecule has 0 aromatic carbocycles. The van der Waals surface area contributed by atoms with Gasteiger partial charge in [0.05, 0.1) is 16.4 Å². The number of carbonyl (C=O) groups excluding carboxylic acids is 1. The number of esters is 1. The predicted molar refractivity (Wildman–Crippen MR) is 70.6 cm³/mol. The Morgan fingerprint density at radius 2 is 2.32 bits per heavy atom. The average Bonchev–Trinajstić information content (AvgIpc) is 2.79. The second-order valence-electron chi connectivity index (χ2n) is 3.46. The van der Waals surface area contributed by atoms with Crippen LogP contribution in [0, 0.1) is 21.4 Å². The fourth-order valence-corrected chi connectivity index (χ4v) is 2.42. The van der Waals surface area contributed by atoms with Crippen LogP contribution >= 0.6 is 11.3 Å². The van der Waals surface area contributed by atoms with Crippen LogP contribution in [0.2, 0.25) is 0 Å². The lowest BCUT2D eigenvalue weighted by molar-refractivity contribution is -0.385. The van der Waals surface area contributed by atoms with Crippen molar-refractivity contribution in [3.05, 3.63) is 31.5 Å². The fourth-order valence-electron chi connectivity index (χ4n) is 1.41. The molecule has 19 heavy (non-hydrogen) atoms. The number of nitriles is 1. The SMILES string of the molecule is CCOC(=O)/C(C#N)=C\c1cc([N+](=O)[O-])c(CC)s1. The van der Waals surface area contributed by atoms with Crippen LogP contribution < -0.4 is 0 Å². The summed E-state index contributed by atoms with van der Waals surface area (Å²) in [4.78, 5) is 22.9. The van der Waals surface area contributed by atoms with Gasteiger partial charge >= 0.3 is 5.97 Å². The van der Waals surface area contributed by atoms with E-state index in [0.717, 1.165) is 0 Å². The van der Waals surface area contributed by atoms with Gasteiger partial charge in [0, 0.05) is 10.9 Å². The van der Waals surface area contributed by atoms with Crippen LogP contribution in [0.3, 0.4) is 0 Å². The zero-order valence-electron chi connectivity index (χ0n) is 10.5. The van der Waals surface area contributed by atoms with Gasteiger partial charge in [-0.25, -0.2) is 4.79 Å². The molecule has 1 heterocycles. The standard InChI is InChI=1S/C12H12N2O4S/c1-3-11-10(14(16)17)6-9(19-11)5-8(7-13)12(15)18-4-2/h5-6H,3-4H2,1-2H3/b8-5-. The van der Waals surface area contributed by atoms with Crippen molar-refractivity contribution in [3.63, 3.8) is 0 Å². The summed E-state index contributed by atoms with van der Waals surface area (Å²) in [5, 5.41) is 19.7. The van der Waals surface area contributed by atoms with Gasteiger partial charge in [0.15, 0.2) is 0 Å². The maximum Gasteiger partial charge on any atom is 0.348 e. The number of rotatable bonds is 5. The molecule has 0 aliphatic rings. The van der Waals surface area contributed by atoms with Crippen molar-refractivity contribution in [2.24, 2.45) is 0 Å². The van der Waals surface area contributed by atoms with E-state index in [4.69, 9.17) is 10.00 Å². The minimum atomic E-state index is -0.723. The van der Waals surface area contributed by atoms with Gasteiger partial charge in [-0.1, -0.05) is 6.92 Å². The molecular formula is C12H12N2O4S. The molecule has 0 aliphatic carbocycles. The Morgan fingerprint density at radius 1 is 1.63 bits per heavy atom. The lowest BCUT2D eigenvalue weighted by Gasteiger charge is -1.97. The minimum Gasteiger partial charge on any atom is -0.462 e. The van der Waals surface area contributed by atoms with Gasteiger partial charge in [-0.3, -0.25) is 10.1 Å². The number of thiophene rings is 1. The monoisotopic (exact) mass is 280 g/mol. The van der Waals surface area contributed by atoms with Crippen molar-refractivity contribution in [1.82, 2.24) is 0 Å². The molecule has 0 saturated carbocycles. The molecule has 0 spiro atoms. The van der Waals surface area contributed by atoms with Crippen LogP contribution in [-0.2, 0) is 16.0 Å². The van der Waals surface area contributed by atoms with Crippen molar-refractivity contribution in [2.75, 3.05) is 6.61 Å². The average molecular weight is 280 g/mol. The van der Waals surface area contributed by atoms with Gasteiger partial charge in [0.2, 0.25) is 0 Å². The first-order valence-corrected chi connectivity index (χ1v) is 6.41. The van der Waals surface area contributed by atoms with E-state index in [1.54, 1.807) is 13.0 Å². The number of ether oxygens (including phenoxy) is 1. The summed E-state index contributed by atoms with van der Waals surface area (Å²) in [6.45, 7) is 3.61. The zero-order valence-corrected chi connectivity index (χ0v) is 11.3. The Morgan fingerprint density at radius 3 is 2.74 bits per heavy atom. The largest absolute Gasteiger partial charge is 0.462 e. The fraction of sp³-hybridized carbons (Fsp3) is 0.333. The highest BCUT2D eigenvalue weighted by Gasteiger charge is 2.18. The minimum absolute atomic E-state index is 0.0138. The Labute approximate surface area is 114 Å². The molecule has 0 radical (unpaired) electrons. The van der Waals surface area contributed by atoms with Crippen LogP contribution in [0.15, 0.2) is 11.6 Å². The van der Waals surface area contributed by atoms with E-state index in [2.05, 4.69) is 0 Å². The Hall–Kier alpha value is -2.20. The van der Waals surface area contributed by atoms with Crippen molar-refractivity contribution < 1.29 is 14.5 Å². The summed E-state index contributed by atoms with van der Waals surface area (Å²) < 4.78 is 4.72. The highest BCUT2D eigenvalue weighted by atomic mass is 32.1. The van der Waals surface area contributed by atoms with Crippen molar-refractivity contribution in [3.8, 4) is 6.07 Å². The Kier molecular flexibility index (Phi) is 5.21. The van der Waals surface area contributed by atoms with Crippen LogP contribution in [-0.4, -0.2) is 17.5 Å². The maximum absolute atomic E-state index is 11.4. The van der Waals surface area contributed by atoms with Gasteiger partial charge in [0.1, 0.15) is 11.6 Å². The second-order valence-corrected chi connectivity index (χ2v) is 4.63. The summed E-state index contributed by atoms with van der Waals surface area (Å²) in [6.07, 6.45) is 1.84. The van der Waals surface area contributed by atoms with Crippen LogP contribution in [0.4, 0.5) is 5.69 Å². The number of aryl methyl sites for hydroxylation is 1. The number of nitrogens with zero attached hydrogens (tertiary/aromatic N) is 2. The second kappa shape index (κ2) is 6.66. The van der Waals surface area contributed by atoms with Gasteiger partial charge in [-0.15, -0.1) is 11.3 Å². The summed E-state index contributed by atoms with van der Waals surface area (Å²) in [5.41, 5.74) is -0.152. The topological polar surface area (TPSA) is 93.2 Å². The number of carbonyl (C=O) groups is 1. The third kappa shape index (κ3) is 3.63. The molecule has 6 nitrogen and oxygen atoms in total. The number of hydrogen-bond acceptors (Lipinski definition) is 6. The summed E-state index contributed by atoms with van der Waals surface area (Å²) in [7, 11) is 0. The van der Waals surface area contributed by atoms with E-state index in [1.165, 1.54) is 23.5 Å². The third-order valence-corrected chi connectivity index (χ3v) is 3.44. The van der Waals surface area contributed by atoms with Crippen molar-refractivity contribution in [1.29, 1.82) is 5.26 Å². The first-order chi connectivity index (χ1) is 9.03. The lowest BCUT2D eigenvalue weighted by atomic mass is 10.2. The van der Waals surface area contributed by atoms with Gasteiger partial charge in [-0.2, -0.15) is 5.26 Å². The Bertz CT molecular complexity index is 569. The molecule has 1 aromatic rings.